The van der Waals surface area contributed by atoms with E-state index in [-0.39, 0.29) is 10.5 Å². The van der Waals surface area contributed by atoms with Crippen molar-refractivity contribution in [3.63, 3.8) is 0 Å². The lowest BCUT2D eigenvalue weighted by molar-refractivity contribution is 0.598. The third-order valence-corrected chi connectivity index (χ3v) is 5.76. The Labute approximate surface area is 148 Å². The first kappa shape index (κ1) is 17.4. The van der Waals surface area contributed by atoms with Crippen LogP contribution in [0.5, 0.6) is 0 Å². The Kier molecular flexibility index (Phi) is 4.78. The summed E-state index contributed by atoms with van der Waals surface area (Å²) < 4.78 is 55.1. The molecule has 0 aliphatic carbocycles. The van der Waals surface area contributed by atoms with E-state index in [0.29, 0.717) is 9.75 Å². The fraction of sp³-hybridized carbons (Fsp3) is 0.0556. The Morgan fingerprint density at radius 3 is 2.44 bits per heavy atom. The molecule has 0 fully saturated rings. The third kappa shape index (κ3) is 4.00. The zero-order valence-corrected chi connectivity index (χ0v) is 14.7. The molecule has 2 aromatic carbocycles. The van der Waals surface area contributed by atoms with E-state index in [4.69, 9.17) is 0 Å². The molecule has 3 aromatic rings. The molecule has 3 nitrogen and oxygen atoms in total. The van der Waals surface area contributed by atoms with Gasteiger partial charge in [0.2, 0.25) is 0 Å². The molecule has 0 aliphatic heterocycles. The molecule has 128 valence electrons. The Morgan fingerprint density at radius 1 is 1.00 bits per heavy atom. The number of thiophene rings is 1. The van der Waals surface area contributed by atoms with Crippen molar-refractivity contribution in [3.8, 4) is 10.4 Å². The van der Waals surface area contributed by atoms with Crippen LogP contribution in [0.15, 0.2) is 63.9 Å². The summed E-state index contributed by atoms with van der Waals surface area (Å²) in [5.41, 5.74) is 1.08. The standard InChI is InChI=1S/C18H13F2NO2S2/c1-12-2-6-15(7-3-12)25(22,23)21-11-14-5-9-18(24-14)16-10-13(19)4-8-17(16)20/h2-11H,1H3. The summed E-state index contributed by atoms with van der Waals surface area (Å²) >= 11 is 1.13. The van der Waals surface area contributed by atoms with Crippen LogP contribution in [0, 0.1) is 18.6 Å². The molecular formula is C18H13F2NO2S2. The molecule has 0 atom stereocenters. The minimum atomic E-state index is -3.80. The zero-order valence-electron chi connectivity index (χ0n) is 13.1. The van der Waals surface area contributed by atoms with E-state index in [9.17, 15) is 17.2 Å². The van der Waals surface area contributed by atoms with E-state index in [1.165, 1.54) is 18.3 Å². The summed E-state index contributed by atoms with van der Waals surface area (Å²) in [6.45, 7) is 1.86. The Morgan fingerprint density at radius 2 is 1.72 bits per heavy atom. The first-order chi connectivity index (χ1) is 11.8. The molecule has 1 aromatic heterocycles. The first-order valence-electron chi connectivity index (χ1n) is 7.27. The summed E-state index contributed by atoms with van der Waals surface area (Å²) in [5.74, 6) is -1.08. The summed E-state index contributed by atoms with van der Waals surface area (Å²) in [4.78, 5) is 1.11. The van der Waals surface area contributed by atoms with E-state index in [1.807, 2.05) is 6.92 Å². The fourth-order valence-corrected chi connectivity index (χ4v) is 3.96. The molecule has 7 heteroatoms. The van der Waals surface area contributed by atoms with Crippen LogP contribution in [-0.2, 0) is 10.0 Å². The Balaban J connectivity index is 1.87. The van der Waals surface area contributed by atoms with Crippen LogP contribution in [-0.4, -0.2) is 14.6 Å². The number of nitrogens with zero attached hydrogens (tertiary/aromatic N) is 1. The second-order valence-electron chi connectivity index (χ2n) is 5.35. The van der Waals surface area contributed by atoms with Gasteiger partial charge in [0, 0.05) is 15.3 Å². The summed E-state index contributed by atoms with van der Waals surface area (Å²) in [7, 11) is -3.80. The smallest absolute Gasteiger partial charge is 0.207 e. The SMILES string of the molecule is Cc1ccc(S(=O)(=O)N=Cc2ccc(-c3cc(F)ccc3F)s2)cc1. The maximum Gasteiger partial charge on any atom is 0.282 e. The van der Waals surface area contributed by atoms with Crippen LogP contribution in [0.4, 0.5) is 8.78 Å². The largest absolute Gasteiger partial charge is 0.282 e. The van der Waals surface area contributed by atoms with Crippen LogP contribution in [0.25, 0.3) is 10.4 Å². The number of sulfonamides is 1. The van der Waals surface area contributed by atoms with Gasteiger partial charge in [0.15, 0.2) is 0 Å². The molecule has 3 rings (SSSR count). The summed E-state index contributed by atoms with van der Waals surface area (Å²) in [5, 5.41) is 0. The van der Waals surface area contributed by atoms with Gasteiger partial charge in [-0.1, -0.05) is 17.7 Å². The number of hydrogen-bond acceptors (Lipinski definition) is 3. The van der Waals surface area contributed by atoms with Crippen LogP contribution in [0.3, 0.4) is 0 Å². The lowest BCUT2D eigenvalue weighted by atomic mass is 10.2. The van der Waals surface area contributed by atoms with Gasteiger partial charge in [0.05, 0.1) is 11.1 Å². The quantitative estimate of drug-likeness (QED) is 0.613. The van der Waals surface area contributed by atoms with Gasteiger partial charge >= 0.3 is 0 Å². The van der Waals surface area contributed by atoms with Gasteiger partial charge in [-0.2, -0.15) is 12.8 Å². The van der Waals surface area contributed by atoms with Gasteiger partial charge in [-0.25, -0.2) is 8.78 Å². The van der Waals surface area contributed by atoms with Crippen molar-refractivity contribution in [1.29, 1.82) is 0 Å². The van der Waals surface area contributed by atoms with E-state index in [0.717, 1.165) is 35.1 Å². The average molecular weight is 377 g/mol. The van der Waals surface area contributed by atoms with E-state index in [1.54, 1.807) is 24.3 Å². The maximum absolute atomic E-state index is 13.8. The highest BCUT2D eigenvalue weighted by Gasteiger charge is 2.12. The van der Waals surface area contributed by atoms with Gasteiger partial charge in [-0.05, 0) is 49.4 Å². The molecule has 0 N–H and O–H groups in total. The van der Waals surface area contributed by atoms with Crippen molar-refractivity contribution < 1.29 is 17.2 Å². The molecule has 1 heterocycles. The van der Waals surface area contributed by atoms with Crippen molar-refractivity contribution in [2.24, 2.45) is 4.40 Å². The first-order valence-corrected chi connectivity index (χ1v) is 9.53. The van der Waals surface area contributed by atoms with Gasteiger partial charge < -0.3 is 0 Å². The van der Waals surface area contributed by atoms with Crippen molar-refractivity contribution in [3.05, 3.63) is 76.7 Å². The molecular weight excluding hydrogens is 364 g/mol. The van der Waals surface area contributed by atoms with Crippen LogP contribution in [0.2, 0.25) is 0 Å². The molecule has 0 bridgehead atoms. The molecule has 0 unspecified atom stereocenters. The summed E-state index contributed by atoms with van der Waals surface area (Å²) in [6.07, 6.45) is 1.21. The third-order valence-electron chi connectivity index (χ3n) is 3.46. The number of hydrogen-bond donors (Lipinski definition) is 0. The molecule has 0 saturated carbocycles. The molecule has 25 heavy (non-hydrogen) atoms. The minimum Gasteiger partial charge on any atom is -0.207 e. The van der Waals surface area contributed by atoms with Gasteiger partial charge in [-0.3, -0.25) is 0 Å². The number of halogens is 2. The molecule has 0 aliphatic rings. The van der Waals surface area contributed by atoms with Crippen LogP contribution < -0.4 is 0 Å². The minimum absolute atomic E-state index is 0.0994. The van der Waals surface area contributed by atoms with E-state index in [2.05, 4.69) is 4.40 Å². The number of benzene rings is 2. The molecule has 0 amide bonds. The van der Waals surface area contributed by atoms with Crippen LogP contribution >= 0.6 is 11.3 Å². The Hall–Kier alpha value is -2.38. The highest BCUT2D eigenvalue weighted by molar-refractivity contribution is 7.90. The molecule has 0 saturated heterocycles. The van der Waals surface area contributed by atoms with Crippen molar-refractivity contribution in [1.82, 2.24) is 0 Å². The number of rotatable bonds is 4. The normalized spacial score (nSPS) is 12.0. The lowest BCUT2D eigenvalue weighted by Crippen LogP contribution is -1.97. The zero-order chi connectivity index (χ0) is 18.0. The Bertz CT molecular complexity index is 1040. The number of aryl methyl sites for hydroxylation is 1. The topological polar surface area (TPSA) is 46.5 Å². The van der Waals surface area contributed by atoms with Crippen LogP contribution in [0.1, 0.15) is 10.4 Å². The van der Waals surface area contributed by atoms with E-state index >= 15 is 0 Å². The highest BCUT2D eigenvalue weighted by atomic mass is 32.2. The second kappa shape index (κ2) is 6.85. The van der Waals surface area contributed by atoms with Gasteiger partial charge in [-0.15, -0.1) is 11.3 Å². The van der Waals surface area contributed by atoms with Crippen molar-refractivity contribution in [2.75, 3.05) is 0 Å². The molecule has 0 radical (unpaired) electrons. The predicted octanol–water partition coefficient (Wildman–Crippen LogP) is 4.81. The predicted molar refractivity (Wildman–Crippen MR) is 95.6 cm³/mol. The van der Waals surface area contributed by atoms with Gasteiger partial charge in [0.25, 0.3) is 10.0 Å². The monoisotopic (exact) mass is 377 g/mol. The average Bonchev–Trinajstić information content (AvgIpc) is 3.04. The molecule has 0 spiro atoms. The fourth-order valence-electron chi connectivity index (χ4n) is 2.15. The van der Waals surface area contributed by atoms with Crippen molar-refractivity contribution >= 4 is 27.6 Å². The van der Waals surface area contributed by atoms with Crippen molar-refractivity contribution in [2.45, 2.75) is 11.8 Å². The lowest BCUT2D eigenvalue weighted by Gasteiger charge is -1.99. The maximum atomic E-state index is 13.8. The van der Waals surface area contributed by atoms with Gasteiger partial charge in [0.1, 0.15) is 11.6 Å². The highest BCUT2D eigenvalue weighted by Crippen LogP contribution is 2.30. The summed E-state index contributed by atoms with van der Waals surface area (Å²) in [6, 6.07) is 12.8. The second-order valence-corrected chi connectivity index (χ2v) is 8.10. The van der Waals surface area contributed by atoms with E-state index < -0.39 is 21.7 Å².